The quantitative estimate of drug-likeness (QED) is 0.495. The molecule has 0 spiro atoms. The number of carbonyl (C=O) groups is 1. The first-order valence-electron chi connectivity index (χ1n) is 8.64. The van der Waals surface area contributed by atoms with Gasteiger partial charge in [0.05, 0.1) is 16.4 Å². The summed E-state index contributed by atoms with van der Waals surface area (Å²) < 4.78 is 34.6. The van der Waals surface area contributed by atoms with Crippen LogP contribution in [0.5, 0.6) is 0 Å². The van der Waals surface area contributed by atoms with Gasteiger partial charge in [0, 0.05) is 4.47 Å². The van der Waals surface area contributed by atoms with Gasteiger partial charge in [0.15, 0.2) is 11.9 Å². The number of esters is 1. The summed E-state index contributed by atoms with van der Waals surface area (Å²) in [6.45, 7) is -1.19. The Bertz CT molecular complexity index is 997. The Balaban J connectivity index is 1.62. The van der Waals surface area contributed by atoms with E-state index in [1.54, 1.807) is 31.2 Å². The van der Waals surface area contributed by atoms with Crippen molar-refractivity contribution in [2.45, 2.75) is 37.8 Å². The molecule has 4 rings (SSSR count). The minimum atomic E-state index is -2.77. The predicted molar refractivity (Wildman–Crippen MR) is 101 cm³/mol. The van der Waals surface area contributed by atoms with Crippen molar-refractivity contribution in [2.24, 2.45) is 0 Å². The lowest BCUT2D eigenvalue weighted by Gasteiger charge is -2.20. The van der Waals surface area contributed by atoms with E-state index >= 15 is 0 Å². The number of hydrogen-bond donors (Lipinski definition) is 0. The molecular formula is C20H17BrF2N2O2. The molecule has 0 aliphatic heterocycles. The zero-order valence-electron chi connectivity index (χ0n) is 14.5. The van der Waals surface area contributed by atoms with E-state index in [-0.39, 0.29) is 5.82 Å². The molecule has 1 atom stereocenters. The highest BCUT2D eigenvalue weighted by molar-refractivity contribution is 9.10. The number of rotatable bonds is 5. The number of aromatic nitrogens is 2. The molecule has 2 aromatic carbocycles. The van der Waals surface area contributed by atoms with E-state index in [4.69, 9.17) is 4.74 Å². The Morgan fingerprint density at radius 2 is 1.85 bits per heavy atom. The second kappa shape index (κ2) is 6.71. The molecule has 1 aliphatic rings. The average Bonchev–Trinajstić information content (AvgIpc) is 3.36. The average molecular weight is 435 g/mol. The van der Waals surface area contributed by atoms with Crippen LogP contribution in [0.4, 0.5) is 8.78 Å². The van der Waals surface area contributed by atoms with E-state index in [0.29, 0.717) is 23.9 Å². The van der Waals surface area contributed by atoms with Gasteiger partial charge in [0.2, 0.25) is 0 Å². The first-order chi connectivity index (χ1) is 12.9. The molecule has 1 aliphatic carbocycles. The Kier molecular flexibility index (Phi) is 4.50. The number of benzene rings is 2. The highest BCUT2D eigenvalue weighted by atomic mass is 79.9. The van der Waals surface area contributed by atoms with Gasteiger partial charge >= 0.3 is 12.5 Å². The van der Waals surface area contributed by atoms with Gasteiger partial charge in [-0.1, -0.05) is 40.2 Å². The van der Waals surface area contributed by atoms with Crippen LogP contribution < -0.4 is 0 Å². The summed E-state index contributed by atoms with van der Waals surface area (Å²) in [5.41, 5.74) is 0.964. The molecule has 0 amide bonds. The SMILES string of the molecule is CC(OC(=O)C1(c2ccc(Br)cc2)CC1)c1nc2ccccc2n1C(F)F. The summed E-state index contributed by atoms with van der Waals surface area (Å²) >= 11 is 3.38. The fourth-order valence-corrected chi connectivity index (χ4v) is 3.65. The fraction of sp³-hybridized carbons (Fsp3) is 0.300. The summed E-state index contributed by atoms with van der Waals surface area (Å²) in [5.74, 6) is -0.351. The predicted octanol–water partition coefficient (Wildman–Crippen LogP) is 5.53. The number of ether oxygens (including phenoxy) is 1. The Hall–Kier alpha value is -2.28. The molecule has 140 valence electrons. The van der Waals surface area contributed by atoms with Gasteiger partial charge in [-0.05, 0) is 49.6 Å². The Morgan fingerprint density at radius 3 is 2.48 bits per heavy atom. The highest BCUT2D eigenvalue weighted by Crippen LogP contribution is 2.50. The van der Waals surface area contributed by atoms with E-state index in [1.165, 1.54) is 0 Å². The van der Waals surface area contributed by atoms with Gasteiger partial charge in [0.25, 0.3) is 0 Å². The van der Waals surface area contributed by atoms with Crippen LogP contribution in [0.3, 0.4) is 0 Å². The van der Waals surface area contributed by atoms with Crippen LogP contribution in [-0.2, 0) is 14.9 Å². The standard InChI is InChI=1S/C20H17BrF2N2O2/c1-12(17-24-15-4-2-3-5-16(15)25(17)19(22)23)27-18(26)20(10-11-20)13-6-8-14(21)9-7-13/h2-9,12,19H,10-11H2,1H3. The van der Waals surface area contributed by atoms with Crippen molar-refractivity contribution in [1.82, 2.24) is 9.55 Å². The molecule has 1 heterocycles. The first-order valence-corrected chi connectivity index (χ1v) is 9.44. The molecule has 0 saturated heterocycles. The smallest absolute Gasteiger partial charge is 0.320 e. The normalized spacial score (nSPS) is 16.5. The minimum absolute atomic E-state index is 0.0474. The molecule has 1 aromatic heterocycles. The van der Waals surface area contributed by atoms with Crippen molar-refractivity contribution in [3.63, 3.8) is 0 Å². The maximum Gasteiger partial charge on any atom is 0.320 e. The number of fused-ring (bicyclic) bond motifs is 1. The van der Waals surface area contributed by atoms with Gasteiger partial charge in [-0.15, -0.1) is 0 Å². The van der Waals surface area contributed by atoms with Gasteiger partial charge in [-0.2, -0.15) is 8.78 Å². The van der Waals surface area contributed by atoms with E-state index < -0.39 is 24.0 Å². The molecule has 3 aromatic rings. The molecule has 27 heavy (non-hydrogen) atoms. The topological polar surface area (TPSA) is 44.1 Å². The van der Waals surface area contributed by atoms with Crippen molar-refractivity contribution < 1.29 is 18.3 Å². The number of hydrogen-bond acceptors (Lipinski definition) is 3. The second-order valence-electron chi connectivity index (χ2n) is 6.74. The third-order valence-corrected chi connectivity index (χ3v) is 5.53. The van der Waals surface area contributed by atoms with Crippen LogP contribution in [-0.4, -0.2) is 15.5 Å². The third kappa shape index (κ3) is 3.14. The maximum atomic E-state index is 13.6. The molecule has 1 fully saturated rings. The van der Waals surface area contributed by atoms with Crippen molar-refractivity contribution in [1.29, 1.82) is 0 Å². The minimum Gasteiger partial charge on any atom is -0.454 e. The van der Waals surface area contributed by atoms with Gasteiger partial charge in [-0.25, -0.2) is 4.98 Å². The molecule has 1 unspecified atom stereocenters. The number of alkyl halides is 2. The third-order valence-electron chi connectivity index (χ3n) is 5.00. The van der Waals surface area contributed by atoms with Gasteiger partial charge in [0.1, 0.15) is 0 Å². The van der Waals surface area contributed by atoms with Crippen LogP contribution in [0.1, 0.15) is 43.8 Å². The molecular weight excluding hydrogens is 418 g/mol. The Morgan fingerprint density at radius 1 is 1.19 bits per heavy atom. The van der Waals surface area contributed by atoms with E-state index in [2.05, 4.69) is 20.9 Å². The van der Waals surface area contributed by atoms with Crippen LogP contribution in [0.25, 0.3) is 11.0 Å². The van der Waals surface area contributed by atoms with Crippen LogP contribution in [0, 0.1) is 0 Å². The summed E-state index contributed by atoms with van der Waals surface area (Å²) in [7, 11) is 0. The van der Waals surface area contributed by atoms with Gasteiger partial charge in [-0.3, -0.25) is 9.36 Å². The lowest BCUT2D eigenvalue weighted by molar-refractivity contribution is -0.152. The molecule has 0 bridgehead atoms. The number of imidazole rings is 1. The van der Waals surface area contributed by atoms with Crippen molar-refractivity contribution in [3.8, 4) is 0 Å². The lowest BCUT2D eigenvalue weighted by Crippen LogP contribution is -2.25. The monoisotopic (exact) mass is 434 g/mol. The molecule has 0 N–H and O–H groups in total. The van der Waals surface area contributed by atoms with Crippen LogP contribution >= 0.6 is 15.9 Å². The molecule has 7 heteroatoms. The van der Waals surface area contributed by atoms with Crippen LogP contribution in [0.2, 0.25) is 0 Å². The lowest BCUT2D eigenvalue weighted by atomic mass is 9.96. The number of nitrogens with zero attached hydrogens (tertiary/aromatic N) is 2. The van der Waals surface area contributed by atoms with E-state index in [1.807, 2.05) is 24.3 Å². The van der Waals surface area contributed by atoms with E-state index in [0.717, 1.165) is 14.6 Å². The summed E-state index contributed by atoms with van der Waals surface area (Å²) in [4.78, 5) is 17.1. The first kappa shape index (κ1) is 18.1. The van der Waals surface area contributed by atoms with Crippen LogP contribution in [0.15, 0.2) is 53.0 Å². The zero-order chi connectivity index (χ0) is 19.2. The van der Waals surface area contributed by atoms with Crippen molar-refractivity contribution in [2.75, 3.05) is 0 Å². The summed E-state index contributed by atoms with van der Waals surface area (Å²) in [6.07, 6.45) is 0.489. The van der Waals surface area contributed by atoms with Crippen molar-refractivity contribution >= 4 is 32.9 Å². The molecule has 0 radical (unpaired) electrons. The highest BCUT2D eigenvalue weighted by Gasteiger charge is 2.53. The largest absolute Gasteiger partial charge is 0.454 e. The van der Waals surface area contributed by atoms with Gasteiger partial charge < -0.3 is 4.74 Å². The summed E-state index contributed by atoms with van der Waals surface area (Å²) in [5, 5.41) is 0. The molecule has 4 nitrogen and oxygen atoms in total. The molecule has 1 saturated carbocycles. The van der Waals surface area contributed by atoms with Crippen molar-refractivity contribution in [3.05, 3.63) is 64.4 Å². The zero-order valence-corrected chi connectivity index (χ0v) is 16.1. The number of para-hydroxylation sites is 2. The van der Waals surface area contributed by atoms with E-state index in [9.17, 15) is 13.6 Å². The maximum absolute atomic E-state index is 13.6. The number of halogens is 3. The second-order valence-corrected chi connectivity index (χ2v) is 7.66. The fourth-order valence-electron chi connectivity index (χ4n) is 3.39. The number of carbonyl (C=O) groups excluding carboxylic acids is 1. The Labute approximate surface area is 163 Å². The summed E-state index contributed by atoms with van der Waals surface area (Å²) in [6, 6.07) is 14.2.